The second-order valence-corrected chi connectivity index (χ2v) is 17.7. The molecule has 0 spiro atoms. The molecule has 3 aliphatic heterocycles. The molecule has 17 heteroatoms. The number of hydrogen-bond donors (Lipinski definition) is 5. The smallest absolute Gasteiger partial charge is 0.407 e. The number of rotatable bonds is 12. The molecule has 0 radical (unpaired) electrons. The third-order valence-corrected chi connectivity index (χ3v) is 13.8. The standard InChI is InChI=1S/C46H45ClN8O7S/c1-25-24-63-43-31(37-23-52(2)14-15-53(37)46(61)62)20-36-42(41(25)43)28(21-47)22-55(36)45(60)35-19-27-17-30(8-10-33(27)51-35)49-44(59)34-18-26-16-29(7-9-32(26)50-34)48-38(56)6-4-3-5-13-54-39(57)11-12-40(54)58/h7-12,16-20,24,28,37,50-51H,3-6,13-15,21-23H2,1-2H3,(H,48,56)(H,49,59)(H,61,62)/t28-,37?/m0/s1. The monoisotopic (exact) mass is 888 g/mol. The van der Waals surface area contributed by atoms with Crippen molar-refractivity contribution in [1.29, 1.82) is 0 Å². The predicted molar refractivity (Wildman–Crippen MR) is 244 cm³/mol. The van der Waals surface area contributed by atoms with Crippen molar-refractivity contribution in [2.75, 3.05) is 61.2 Å². The van der Waals surface area contributed by atoms with Gasteiger partial charge in [-0.15, -0.1) is 22.9 Å². The van der Waals surface area contributed by atoms with Gasteiger partial charge in [-0.25, -0.2) is 4.79 Å². The van der Waals surface area contributed by atoms with Crippen LogP contribution < -0.4 is 15.5 Å². The minimum Gasteiger partial charge on any atom is -0.465 e. The zero-order chi connectivity index (χ0) is 44.1. The summed E-state index contributed by atoms with van der Waals surface area (Å²) >= 11 is 8.20. The number of aryl methyl sites for hydroxylation is 1. The number of fused-ring (bicyclic) bond motifs is 5. The van der Waals surface area contributed by atoms with Gasteiger partial charge in [-0.1, -0.05) is 6.42 Å². The van der Waals surface area contributed by atoms with Gasteiger partial charge in [-0.05, 0) is 103 Å². The molecular formula is C46H45ClN8O7S. The molecule has 1 saturated heterocycles. The molecule has 3 aromatic carbocycles. The zero-order valence-corrected chi connectivity index (χ0v) is 36.2. The van der Waals surface area contributed by atoms with Crippen LogP contribution >= 0.6 is 22.9 Å². The van der Waals surface area contributed by atoms with Crippen molar-refractivity contribution in [3.8, 4) is 0 Å². The van der Waals surface area contributed by atoms with E-state index in [1.165, 1.54) is 22.0 Å². The number of aromatic amines is 2. The molecule has 2 atom stereocenters. The Morgan fingerprint density at radius 1 is 0.857 bits per heavy atom. The number of nitrogens with one attached hydrogen (secondary N) is 4. The number of H-pyrrole nitrogens is 2. The first-order valence-corrected chi connectivity index (χ1v) is 22.3. The summed E-state index contributed by atoms with van der Waals surface area (Å²) in [5.74, 6) is -1.18. The Bertz CT molecular complexity index is 2880. The van der Waals surface area contributed by atoms with Crippen LogP contribution in [0.25, 0.3) is 31.9 Å². The summed E-state index contributed by atoms with van der Waals surface area (Å²) < 4.78 is 1.02. The molecule has 0 saturated carbocycles. The third-order valence-electron chi connectivity index (χ3n) is 12.2. The highest BCUT2D eigenvalue weighted by molar-refractivity contribution is 7.17. The largest absolute Gasteiger partial charge is 0.465 e. The van der Waals surface area contributed by atoms with E-state index in [0.717, 1.165) is 48.8 Å². The van der Waals surface area contributed by atoms with Crippen LogP contribution in [0.3, 0.4) is 0 Å². The van der Waals surface area contributed by atoms with Gasteiger partial charge in [0.15, 0.2) is 0 Å². The molecule has 6 aromatic rings. The van der Waals surface area contributed by atoms with Crippen molar-refractivity contribution >= 4 is 108 Å². The van der Waals surface area contributed by atoms with E-state index in [0.29, 0.717) is 86.1 Å². The molecule has 0 aliphatic carbocycles. The maximum absolute atomic E-state index is 14.5. The van der Waals surface area contributed by atoms with Crippen molar-refractivity contribution in [3.05, 3.63) is 100 Å². The van der Waals surface area contributed by atoms with E-state index in [9.17, 15) is 33.9 Å². The Hall–Kier alpha value is -6.49. The number of likely N-dealkylation sites (N-methyl/N-ethyl adjacent to an activating group) is 1. The number of unbranched alkanes of at least 4 members (excludes halogenated alkanes) is 2. The Morgan fingerprint density at radius 2 is 1.54 bits per heavy atom. The predicted octanol–water partition coefficient (Wildman–Crippen LogP) is 7.80. The fourth-order valence-electron chi connectivity index (χ4n) is 9.05. The number of nitrogens with zero attached hydrogens (tertiary/aromatic N) is 4. The van der Waals surface area contributed by atoms with E-state index in [1.807, 2.05) is 26.1 Å². The number of benzene rings is 3. The topological polar surface area (TPSA) is 191 Å². The van der Waals surface area contributed by atoms with Gasteiger partial charge >= 0.3 is 6.09 Å². The van der Waals surface area contributed by atoms with E-state index in [4.69, 9.17) is 11.6 Å². The molecule has 3 aliphatic rings. The Morgan fingerprint density at radius 3 is 2.24 bits per heavy atom. The van der Waals surface area contributed by atoms with Gasteiger partial charge in [0.25, 0.3) is 23.6 Å². The molecule has 9 rings (SSSR count). The second-order valence-electron chi connectivity index (χ2n) is 16.5. The number of carboxylic acid groups (broad SMARTS) is 1. The number of alkyl halides is 1. The van der Waals surface area contributed by atoms with E-state index in [-0.39, 0.29) is 41.9 Å². The van der Waals surface area contributed by atoms with Crippen LogP contribution in [-0.2, 0) is 14.4 Å². The molecule has 324 valence electrons. The average molecular weight is 889 g/mol. The zero-order valence-electron chi connectivity index (χ0n) is 34.6. The van der Waals surface area contributed by atoms with Crippen LogP contribution in [0, 0.1) is 6.92 Å². The highest BCUT2D eigenvalue weighted by Crippen LogP contribution is 2.49. The number of aromatic nitrogens is 2. The molecule has 0 bridgehead atoms. The van der Waals surface area contributed by atoms with Crippen LogP contribution in [0.1, 0.15) is 75.3 Å². The number of halogens is 1. The number of thiophene rings is 1. The number of hydrogen-bond acceptors (Lipinski definition) is 8. The van der Waals surface area contributed by atoms with Crippen molar-refractivity contribution in [3.63, 3.8) is 0 Å². The first kappa shape index (κ1) is 41.8. The van der Waals surface area contributed by atoms with Crippen molar-refractivity contribution in [1.82, 2.24) is 24.7 Å². The van der Waals surface area contributed by atoms with Crippen molar-refractivity contribution < 1.29 is 33.9 Å². The van der Waals surface area contributed by atoms with Gasteiger partial charge in [0.05, 0.1) is 6.04 Å². The lowest BCUT2D eigenvalue weighted by molar-refractivity contribution is -0.136. The SMILES string of the molecule is Cc1csc2c(C3CN(C)CCN3C(=O)O)cc3c(c12)[C@@H](CCl)CN3C(=O)c1cc2cc(NC(=O)c3cc4cc(NC(=O)CCCCCN5C(=O)C=CC5=O)ccc4[nH]3)ccc2[nH]1. The molecule has 5 N–H and O–H groups in total. The number of imide groups is 1. The highest BCUT2D eigenvalue weighted by Gasteiger charge is 2.39. The summed E-state index contributed by atoms with van der Waals surface area (Å²) in [6.07, 6.45) is 3.76. The van der Waals surface area contributed by atoms with E-state index >= 15 is 0 Å². The van der Waals surface area contributed by atoms with Crippen LogP contribution in [0.4, 0.5) is 21.9 Å². The Kier molecular flexibility index (Phi) is 11.3. The van der Waals surface area contributed by atoms with Crippen molar-refractivity contribution in [2.45, 2.75) is 44.6 Å². The van der Waals surface area contributed by atoms with E-state index in [1.54, 1.807) is 58.7 Å². The van der Waals surface area contributed by atoms with E-state index < -0.39 is 12.1 Å². The second kappa shape index (κ2) is 17.0. The summed E-state index contributed by atoms with van der Waals surface area (Å²) in [6, 6.07) is 15.8. The van der Waals surface area contributed by atoms with Gasteiger partial charge in [0, 0.05) is 112 Å². The van der Waals surface area contributed by atoms with Crippen LogP contribution in [0.2, 0.25) is 0 Å². The summed E-state index contributed by atoms with van der Waals surface area (Å²) in [6.45, 7) is 4.30. The van der Waals surface area contributed by atoms with Crippen molar-refractivity contribution in [2.24, 2.45) is 0 Å². The maximum atomic E-state index is 14.5. The minimum atomic E-state index is -0.970. The molecule has 15 nitrogen and oxygen atoms in total. The van der Waals surface area contributed by atoms with Gasteiger partial charge in [0.1, 0.15) is 11.4 Å². The van der Waals surface area contributed by atoms with Gasteiger partial charge < -0.3 is 35.5 Å². The molecule has 6 amide bonds. The van der Waals surface area contributed by atoms with Crippen LogP contribution in [-0.4, -0.2) is 111 Å². The first-order chi connectivity index (χ1) is 30.4. The molecule has 1 unspecified atom stereocenters. The molecular weight excluding hydrogens is 844 g/mol. The molecule has 6 heterocycles. The van der Waals surface area contributed by atoms with Gasteiger partial charge in [-0.3, -0.25) is 33.8 Å². The number of amides is 6. The van der Waals surface area contributed by atoms with Gasteiger partial charge in [0.2, 0.25) is 5.91 Å². The first-order valence-electron chi connectivity index (χ1n) is 20.9. The quantitative estimate of drug-likeness (QED) is 0.0467. The number of anilines is 3. The lowest BCUT2D eigenvalue weighted by Crippen LogP contribution is -2.48. The minimum absolute atomic E-state index is 0.116. The van der Waals surface area contributed by atoms with Crippen LogP contribution in [0.15, 0.2) is 72.1 Å². The summed E-state index contributed by atoms with van der Waals surface area (Å²) in [5.41, 5.74) is 6.95. The molecule has 1 fully saturated rings. The number of piperazine rings is 1. The van der Waals surface area contributed by atoms with Gasteiger partial charge in [-0.2, -0.15) is 0 Å². The average Bonchev–Trinajstić information content (AvgIpc) is 4.10. The van der Waals surface area contributed by atoms with Crippen LogP contribution in [0.5, 0.6) is 0 Å². The lowest BCUT2D eigenvalue weighted by Gasteiger charge is -2.39. The lowest BCUT2D eigenvalue weighted by atomic mass is 9.92. The highest BCUT2D eigenvalue weighted by atomic mass is 35.5. The number of carbonyl (C=O) groups excluding carboxylic acids is 5. The Labute approximate surface area is 370 Å². The fourth-order valence-corrected chi connectivity index (χ4v) is 10.4. The molecule has 63 heavy (non-hydrogen) atoms. The number of carbonyl (C=O) groups is 6. The molecule has 3 aromatic heterocycles. The summed E-state index contributed by atoms with van der Waals surface area (Å²) in [5, 5.41) is 20.6. The summed E-state index contributed by atoms with van der Waals surface area (Å²) in [4.78, 5) is 89.5. The normalized spacial score (nSPS) is 17.7. The summed E-state index contributed by atoms with van der Waals surface area (Å²) in [7, 11) is 1.99. The third kappa shape index (κ3) is 8.05. The van der Waals surface area contributed by atoms with E-state index in [2.05, 4.69) is 30.9 Å². The maximum Gasteiger partial charge on any atom is 0.407 e. The Balaban J connectivity index is 0.878. The fraction of sp³-hybridized carbons (Fsp3) is 0.304.